The Morgan fingerprint density at radius 2 is 2.25 bits per heavy atom. The molecule has 2 aromatic rings. The van der Waals surface area contributed by atoms with Crippen molar-refractivity contribution >= 4 is 32.7 Å². The zero-order chi connectivity index (χ0) is 14.1. The molecule has 0 unspecified atom stereocenters. The highest BCUT2D eigenvalue weighted by Gasteiger charge is 2.26. The molecule has 7 nitrogen and oxygen atoms in total. The smallest absolute Gasteiger partial charge is 0.270 e. The standard InChI is InChI=1S/C12H15N5O2S/c1-13-10(18)7-2-4-17(5-3-7)12-16-9-8(20-12)11(19)15-6-14-9/h6-7H,2-5H2,1H3,(H,13,18)(H,14,15,19). The van der Waals surface area contributed by atoms with Crippen molar-refractivity contribution < 1.29 is 4.79 Å². The summed E-state index contributed by atoms with van der Waals surface area (Å²) in [6.07, 6.45) is 2.98. The molecule has 3 heterocycles. The maximum Gasteiger partial charge on any atom is 0.270 e. The molecule has 3 rings (SSSR count). The molecule has 2 N–H and O–H groups in total. The van der Waals surface area contributed by atoms with Gasteiger partial charge in [0.1, 0.15) is 4.70 Å². The summed E-state index contributed by atoms with van der Waals surface area (Å²) in [6.45, 7) is 1.55. The van der Waals surface area contributed by atoms with E-state index in [0.29, 0.717) is 10.3 Å². The topological polar surface area (TPSA) is 91.0 Å². The van der Waals surface area contributed by atoms with Crippen molar-refractivity contribution in [2.75, 3.05) is 25.0 Å². The van der Waals surface area contributed by atoms with Crippen molar-refractivity contribution in [1.29, 1.82) is 0 Å². The van der Waals surface area contributed by atoms with E-state index in [0.717, 1.165) is 31.1 Å². The number of nitrogens with zero attached hydrogens (tertiary/aromatic N) is 3. The molecule has 0 atom stereocenters. The molecule has 0 aromatic carbocycles. The van der Waals surface area contributed by atoms with E-state index in [4.69, 9.17) is 0 Å². The summed E-state index contributed by atoms with van der Waals surface area (Å²) >= 11 is 1.35. The molecule has 1 aliphatic heterocycles. The number of rotatable bonds is 2. The summed E-state index contributed by atoms with van der Waals surface area (Å²) in [5.41, 5.74) is 0.334. The summed E-state index contributed by atoms with van der Waals surface area (Å²) in [5, 5.41) is 3.50. The normalized spacial score (nSPS) is 16.6. The van der Waals surface area contributed by atoms with Crippen LogP contribution in [-0.2, 0) is 4.79 Å². The Kier molecular flexibility index (Phi) is 3.39. The molecule has 1 aliphatic rings. The lowest BCUT2D eigenvalue weighted by Crippen LogP contribution is -2.39. The highest BCUT2D eigenvalue weighted by atomic mass is 32.1. The number of thiazole rings is 1. The minimum Gasteiger partial charge on any atom is -0.359 e. The van der Waals surface area contributed by atoms with Gasteiger partial charge >= 0.3 is 0 Å². The van der Waals surface area contributed by atoms with Crippen LogP contribution in [0.3, 0.4) is 0 Å². The third-order valence-electron chi connectivity index (χ3n) is 3.57. The number of carbonyl (C=O) groups excluding carboxylic acids is 1. The minimum atomic E-state index is -0.154. The monoisotopic (exact) mass is 293 g/mol. The number of fused-ring (bicyclic) bond motifs is 1. The van der Waals surface area contributed by atoms with Gasteiger partial charge in [0.05, 0.1) is 6.33 Å². The van der Waals surface area contributed by atoms with Gasteiger partial charge in [-0.25, -0.2) is 4.98 Å². The Hall–Kier alpha value is -1.96. The van der Waals surface area contributed by atoms with Gasteiger partial charge in [0.25, 0.3) is 5.56 Å². The van der Waals surface area contributed by atoms with Gasteiger partial charge in [-0.05, 0) is 12.8 Å². The van der Waals surface area contributed by atoms with Gasteiger partial charge in [-0.3, -0.25) is 9.59 Å². The zero-order valence-electron chi connectivity index (χ0n) is 11.0. The first kappa shape index (κ1) is 13.0. The fraction of sp³-hybridized carbons (Fsp3) is 0.500. The van der Waals surface area contributed by atoms with Crippen molar-refractivity contribution in [1.82, 2.24) is 20.3 Å². The number of amides is 1. The van der Waals surface area contributed by atoms with E-state index < -0.39 is 0 Å². The van der Waals surface area contributed by atoms with Crippen LogP contribution >= 0.6 is 11.3 Å². The number of aromatic amines is 1. The number of H-pyrrole nitrogens is 1. The fourth-order valence-corrected chi connectivity index (χ4v) is 3.39. The number of hydrogen-bond acceptors (Lipinski definition) is 6. The molecule has 20 heavy (non-hydrogen) atoms. The van der Waals surface area contributed by atoms with Gasteiger partial charge < -0.3 is 15.2 Å². The van der Waals surface area contributed by atoms with Gasteiger partial charge in [-0.2, -0.15) is 4.98 Å². The molecule has 0 aliphatic carbocycles. The average molecular weight is 293 g/mol. The largest absolute Gasteiger partial charge is 0.359 e. The van der Waals surface area contributed by atoms with Gasteiger partial charge in [0.15, 0.2) is 10.8 Å². The van der Waals surface area contributed by atoms with Crippen LogP contribution in [-0.4, -0.2) is 41.0 Å². The van der Waals surface area contributed by atoms with Gasteiger partial charge in [-0.1, -0.05) is 11.3 Å². The molecule has 0 bridgehead atoms. The molecule has 8 heteroatoms. The van der Waals surface area contributed by atoms with Crippen molar-refractivity contribution in [2.45, 2.75) is 12.8 Å². The third-order valence-corrected chi connectivity index (χ3v) is 4.67. The van der Waals surface area contributed by atoms with Crippen LogP contribution in [0.25, 0.3) is 10.3 Å². The van der Waals surface area contributed by atoms with Gasteiger partial charge in [0, 0.05) is 26.1 Å². The first-order valence-electron chi connectivity index (χ1n) is 6.50. The van der Waals surface area contributed by atoms with E-state index in [1.54, 1.807) is 7.05 Å². The Morgan fingerprint density at radius 3 is 2.90 bits per heavy atom. The lowest BCUT2D eigenvalue weighted by atomic mass is 9.96. The number of aromatic nitrogens is 3. The highest BCUT2D eigenvalue weighted by molar-refractivity contribution is 7.22. The first-order valence-corrected chi connectivity index (χ1v) is 7.31. The van der Waals surface area contributed by atoms with Crippen LogP contribution < -0.4 is 15.8 Å². The summed E-state index contributed by atoms with van der Waals surface area (Å²) in [7, 11) is 1.67. The second-order valence-corrected chi connectivity index (χ2v) is 5.73. The molecule has 0 spiro atoms. The second-order valence-electron chi connectivity index (χ2n) is 4.76. The molecular weight excluding hydrogens is 278 g/mol. The number of carbonyl (C=O) groups is 1. The van der Waals surface area contributed by atoms with E-state index in [9.17, 15) is 9.59 Å². The predicted molar refractivity (Wildman–Crippen MR) is 77.0 cm³/mol. The Balaban J connectivity index is 1.78. The van der Waals surface area contributed by atoms with Crippen molar-refractivity contribution in [3.05, 3.63) is 16.7 Å². The van der Waals surface area contributed by atoms with Crippen molar-refractivity contribution in [2.24, 2.45) is 5.92 Å². The molecular formula is C12H15N5O2S. The Labute approximate surface area is 119 Å². The Bertz CT molecular complexity index is 686. The molecule has 106 valence electrons. The number of anilines is 1. The molecule has 0 saturated carbocycles. The Morgan fingerprint density at radius 1 is 1.50 bits per heavy atom. The molecule has 0 radical (unpaired) electrons. The highest BCUT2D eigenvalue weighted by Crippen LogP contribution is 2.28. The number of piperidine rings is 1. The van der Waals surface area contributed by atoms with Gasteiger partial charge in [0.2, 0.25) is 5.91 Å². The number of nitrogens with one attached hydrogen (secondary N) is 2. The summed E-state index contributed by atoms with van der Waals surface area (Å²) < 4.78 is 0.552. The lowest BCUT2D eigenvalue weighted by Gasteiger charge is -2.30. The van der Waals surface area contributed by atoms with Gasteiger partial charge in [-0.15, -0.1) is 0 Å². The van der Waals surface area contributed by atoms with Crippen molar-refractivity contribution in [3.63, 3.8) is 0 Å². The van der Waals surface area contributed by atoms with E-state index in [-0.39, 0.29) is 17.4 Å². The van der Waals surface area contributed by atoms with Crippen molar-refractivity contribution in [3.8, 4) is 0 Å². The average Bonchev–Trinajstić information content (AvgIpc) is 2.92. The van der Waals surface area contributed by atoms with Crippen LogP contribution in [0, 0.1) is 5.92 Å². The first-order chi connectivity index (χ1) is 9.69. The molecule has 1 saturated heterocycles. The molecule has 1 amide bonds. The van der Waals surface area contributed by atoms with E-state index in [1.165, 1.54) is 17.7 Å². The second kappa shape index (κ2) is 5.20. The van der Waals surface area contributed by atoms with E-state index >= 15 is 0 Å². The summed E-state index contributed by atoms with van der Waals surface area (Å²) in [6, 6.07) is 0. The van der Waals surface area contributed by atoms with Crippen LogP contribution in [0.4, 0.5) is 5.13 Å². The number of hydrogen-bond donors (Lipinski definition) is 2. The predicted octanol–water partition coefficient (Wildman–Crippen LogP) is 0.342. The van der Waals surface area contributed by atoms with E-state index in [1.807, 2.05) is 0 Å². The lowest BCUT2D eigenvalue weighted by molar-refractivity contribution is -0.125. The third kappa shape index (κ3) is 2.26. The van der Waals surface area contributed by atoms with Crippen LogP contribution in [0.5, 0.6) is 0 Å². The molecule has 2 aromatic heterocycles. The summed E-state index contributed by atoms with van der Waals surface area (Å²) in [4.78, 5) is 36.4. The zero-order valence-corrected chi connectivity index (χ0v) is 11.9. The van der Waals surface area contributed by atoms with E-state index in [2.05, 4.69) is 25.2 Å². The van der Waals surface area contributed by atoms with Crippen LogP contribution in [0.2, 0.25) is 0 Å². The minimum absolute atomic E-state index is 0.0761. The maximum atomic E-state index is 11.7. The maximum absolute atomic E-state index is 11.7. The van der Waals surface area contributed by atoms with Crippen LogP contribution in [0.1, 0.15) is 12.8 Å². The van der Waals surface area contributed by atoms with Crippen LogP contribution in [0.15, 0.2) is 11.1 Å². The molecule has 1 fully saturated rings. The quantitative estimate of drug-likeness (QED) is 0.833. The fourth-order valence-electron chi connectivity index (χ4n) is 2.43. The SMILES string of the molecule is CNC(=O)C1CCN(c2nc3nc[nH]c(=O)c3s2)CC1. The summed E-state index contributed by atoms with van der Waals surface area (Å²) in [5.74, 6) is 0.180.